The molecule has 0 bridgehead atoms. The van der Waals surface area contributed by atoms with Gasteiger partial charge in [-0.1, -0.05) is 55.2 Å². The molecule has 0 aliphatic carbocycles. The molecule has 2 unspecified atom stereocenters. The first kappa shape index (κ1) is 22.1. The summed E-state index contributed by atoms with van der Waals surface area (Å²) in [5.41, 5.74) is -5.63. The molecule has 0 saturated carbocycles. The molecule has 0 fully saturated rings. The third-order valence-electron chi connectivity index (χ3n) is 3.18. The zero-order valence-electron chi connectivity index (χ0n) is 11.6. The molecule has 0 amide bonds. The molecule has 0 aliphatic rings. The van der Waals surface area contributed by atoms with Crippen LogP contribution in [0.3, 0.4) is 0 Å². The molecule has 0 nitrogen and oxygen atoms in total. The van der Waals surface area contributed by atoms with E-state index in [1.165, 1.54) is 22.6 Å². The van der Waals surface area contributed by atoms with Crippen molar-refractivity contribution in [2.75, 3.05) is 0 Å². The molecule has 0 N–H and O–H groups in total. The highest BCUT2D eigenvalue weighted by Crippen LogP contribution is 2.55. The van der Waals surface area contributed by atoms with Crippen LogP contribution in [0.4, 0.5) is 39.5 Å². The second kappa shape index (κ2) is 7.78. The van der Waals surface area contributed by atoms with Crippen LogP contribution in [0.2, 0.25) is 0 Å². The van der Waals surface area contributed by atoms with E-state index in [-0.39, 0.29) is 6.42 Å². The molecule has 0 aromatic rings. The summed E-state index contributed by atoms with van der Waals surface area (Å²) in [5, 5.41) is 0. The van der Waals surface area contributed by atoms with E-state index in [1.54, 1.807) is 0 Å². The third-order valence-corrected chi connectivity index (χ3v) is 4.24. The van der Waals surface area contributed by atoms with Crippen molar-refractivity contribution >= 4 is 22.6 Å². The van der Waals surface area contributed by atoms with Crippen LogP contribution in [0.15, 0.2) is 0 Å². The molecular weight excluding hydrogens is 442 g/mol. The average Bonchev–Trinajstić information content (AvgIpc) is 2.31. The molecule has 10 heteroatoms. The zero-order chi connectivity index (χ0) is 17.8. The summed E-state index contributed by atoms with van der Waals surface area (Å²) in [6, 6.07) is 0. The van der Waals surface area contributed by atoms with E-state index in [2.05, 4.69) is 0 Å². The van der Waals surface area contributed by atoms with Crippen LogP contribution in [-0.2, 0) is 0 Å². The second-order valence-corrected chi connectivity index (χ2v) is 6.78. The molecule has 0 radical (unpaired) electrons. The summed E-state index contributed by atoms with van der Waals surface area (Å²) < 4.78 is 113. The van der Waals surface area contributed by atoms with Crippen molar-refractivity contribution in [1.82, 2.24) is 0 Å². The molecule has 0 heterocycles. The van der Waals surface area contributed by atoms with Crippen LogP contribution in [0.1, 0.15) is 45.4 Å². The number of hydrogen-bond donors (Lipinski definition) is 0. The lowest BCUT2D eigenvalue weighted by Gasteiger charge is -2.37. The highest BCUT2D eigenvalue weighted by molar-refractivity contribution is 14.1. The van der Waals surface area contributed by atoms with Crippen molar-refractivity contribution in [2.24, 2.45) is 0 Å². The maximum atomic E-state index is 13.8. The largest absolute Gasteiger partial charge is 0.457 e. The maximum Gasteiger partial charge on any atom is 0.457 e. The van der Waals surface area contributed by atoms with Gasteiger partial charge in [0.25, 0.3) is 5.67 Å². The maximum absolute atomic E-state index is 13.8. The molecule has 0 saturated heterocycles. The SMILES string of the molecule is CCCCCCC(I)CC(F)(C(F)(F)F)C(F)(F)C(F)(F)F. The molecule has 0 rings (SSSR count). The standard InChI is InChI=1S/C12H16F9I/c1-2-3-4-5-6-8(22)7-9(13,11(16,17)18)10(14,15)12(19,20)21/h8H,2-7H2,1H3. The van der Waals surface area contributed by atoms with Crippen molar-refractivity contribution in [3.05, 3.63) is 0 Å². The second-order valence-electron chi connectivity index (χ2n) is 5.02. The van der Waals surface area contributed by atoms with Gasteiger partial charge in [0.05, 0.1) is 0 Å². The van der Waals surface area contributed by atoms with Gasteiger partial charge < -0.3 is 0 Å². The number of halogens is 10. The highest BCUT2D eigenvalue weighted by Gasteiger charge is 2.80. The smallest absolute Gasteiger partial charge is 0.227 e. The van der Waals surface area contributed by atoms with Gasteiger partial charge in [-0.25, -0.2) is 4.39 Å². The quantitative estimate of drug-likeness (QED) is 0.166. The summed E-state index contributed by atoms with van der Waals surface area (Å²) in [4.78, 5) is 0. The molecule has 0 aromatic heterocycles. The highest BCUT2D eigenvalue weighted by atomic mass is 127. The fraction of sp³-hybridized carbons (Fsp3) is 1.00. The lowest BCUT2D eigenvalue weighted by atomic mass is 9.89. The minimum absolute atomic E-state index is 0.0593. The minimum atomic E-state index is -6.62. The van der Waals surface area contributed by atoms with Gasteiger partial charge in [-0.3, -0.25) is 0 Å². The van der Waals surface area contributed by atoms with Gasteiger partial charge >= 0.3 is 18.3 Å². The Bertz CT molecular complexity index is 336. The Morgan fingerprint density at radius 2 is 1.27 bits per heavy atom. The summed E-state index contributed by atoms with van der Waals surface area (Å²) in [5.74, 6) is -6.49. The molecule has 0 aromatic carbocycles. The van der Waals surface area contributed by atoms with E-state index >= 15 is 0 Å². The topological polar surface area (TPSA) is 0 Å². The monoisotopic (exact) mass is 458 g/mol. The van der Waals surface area contributed by atoms with Crippen LogP contribution < -0.4 is 0 Å². The van der Waals surface area contributed by atoms with Crippen molar-refractivity contribution in [2.45, 2.75) is 73.3 Å². The Hall–Kier alpha value is 0.1000. The van der Waals surface area contributed by atoms with Gasteiger partial charge in [-0.2, -0.15) is 35.1 Å². The van der Waals surface area contributed by atoms with Crippen LogP contribution in [-0.4, -0.2) is 27.9 Å². The Morgan fingerprint density at radius 1 is 0.773 bits per heavy atom. The van der Waals surface area contributed by atoms with E-state index < -0.39 is 34.3 Å². The summed E-state index contributed by atoms with van der Waals surface area (Å²) in [6.45, 7) is 1.86. The van der Waals surface area contributed by atoms with Gasteiger partial charge in [0.15, 0.2) is 0 Å². The molecule has 22 heavy (non-hydrogen) atoms. The van der Waals surface area contributed by atoms with Crippen LogP contribution >= 0.6 is 22.6 Å². The zero-order valence-corrected chi connectivity index (χ0v) is 13.8. The molecule has 0 aliphatic heterocycles. The molecule has 2 atom stereocenters. The van der Waals surface area contributed by atoms with Crippen LogP contribution in [0, 0.1) is 0 Å². The van der Waals surface area contributed by atoms with Gasteiger partial charge in [0.1, 0.15) is 0 Å². The lowest BCUT2D eigenvalue weighted by Crippen LogP contribution is -2.62. The minimum Gasteiger partial charge on any atom is -0.227 e. The average molecular weight is 458 g/mol. The normalized spacial score (nSPS) is 18.1. The van der Waals surface area contributed by atoms with Crippen molar-refractivity contribution < 1.29 is 39.5 Å². The van der Waals surface area contributed by atoms with E-state index in [4.69, 9.17) is 0 Å². The van der Waals surface area contributed by atoms with E-state index in [0.717, 1.165) is 12.8 Å². The lowest BCUT2D eigenvalue weighted by molar-refractivity contribution is -0.384. The molecule has 134 valence electrons. The van der Waals surface area contributed by atoms with Crippen molar-refractivity contribution in [3.63, 3.8) is 0 Å². The van der Waals surface area contributed by atoms with Crippen molar-refractivity contribution in [1.29, 1.82) is 0 Å². The predicted molar refractivity (Wildman–Crippen MR) is 72.1 cm³/mol. The summed E-state index contributed by atoms with van der Waals surface area (Å²) >= 11 is 1.29. The van der Waals surface area contributed by atoms with Gasteiger partial charge in [-0.05, 0) is 6.42 Å². The van der Waals surface area contributed by atoms with Crippen LogP contribution in [0.25, 0.3) is 0 Å². The Balaban J connectivity index is 5.16. The number of unbranched alkanes of at least 4 members (excludes halogenated alkanes) is 3. The predicted octanol–water partition coefficient (Wildman–Crippen LogP) is 6.62. The summed E-state index contributed by atoms with van der Waals surface area (Å²) in [7, 11) is 0. The first-order chi connectivity index (χ1) is 9.70. The Morgan fingerprint density at radius 3 is 1.64 bits per heavy atom. The first-order valence-corrected chi connectivity index (χ1v) is 7.79. The molecule has 0 spiro atoms. The van der Waals surface area contributed by atoms with E-state index in [9.17, 15) is 39.5 Å². The first-order valence-electron chi connectivity index (χ1n) is 6.55. The van der Waals surface area contributed by atoms with Gasteiger partial charge in [-0.15, -0.1) is 0 Å². The summed E-state index contributed by atoms with van der Waals surface area (Å²) in [6.07, 6.45) is -12.4. The van der Waals surface area contributed by atoms with Crippen molar-refractivity contribution in [3.8, 4) is 0 Å². The fourth-order valence-electron chi connectivity index (χ4n) is 1.85. The number of hydrogen-bond acceptors (Lipinski definition) is 0. The van der Waals surface area contributed by atoms with Gasteiger partial charge in [0.2, 0.25) is 0 Å². The van der Waals surface area contributed by atoms with Crippen LogP contribution in [0.5, 0.6) is 0 Å². The number of alkyl halides is 10. The fourth-order valence-corrected chi connectivity index (χ4v) is 2.89. The number of rotatable bonds is 8. The molecular formula is C12H16F9I. The Labute approximate surface area is 136 Å². The van der Waals surface area contributed by atoms with E-state index in [1.807, 2.05) is 6.92 Å². The Kier molecular flexibility index (Phi) is 7.82. The van der Waals surface area contributed by atoms with Gasteiger partial charge in [0, 0.05) is 10.3 Å². The third kappa shape index (κ3) is 5.05. The van der Waals surface area contributed by atoms with E-state index in [0.29, 0.717) is 12.8 Å².